The molecule has 27 heavy (non-hydrogen) atoms. The Bertz CT molecular complexity index is 862. The Morgan fingerprint density at radius 2 is 1.96 bits per heavy atom. The molecule has 0 aliphatic heterocycles. The molecule has 3 N–H and O–H groups in total. The number of benzene rings is 1. The SMILES string of the molecule is C/C(CC(=O)NCc1ccco1)=N/NC(=O)C(=O)Nc1ccc(C)c(Cl)c1. The number of rotatable bonds is 6. The summed E-state index contributed by atoms with van der Waals surface area (Å²) in [4.78, 5) is 35.4. The van der Waals surface area contributed by atoms with E-state index < -0.39 is 11.8 Å². The van der Waals surface area contributed by atoms with E-state index in [2.05, 4.69) is 21.2 Å². The van der Waals surface area contributed by atoms with Crippen molar-refractivity contribution in [3.63, 3.8) is 0 Å². The highest BCUT2D eigenvalue weighted by atomic mass is 35.5. The molecule has 1 heterocycles. The van der Waals surface area contributed by atoms with Crippen LogP contribution in [0.5, 0.6) is 0 Å². The van der Waals surface area contributed by atoms with Crippen molar-refractivity contribution in [1.29, 1.82) is 0 Å². The number of anilines is 1. The number of furan rings is 1. The van der Waals surface area contributed by atoms with Crippen molar-refractivity contribution in [2.75, 3.05) is 5.32 Å². The molecule has 0 radical (unpaired) electrons. The second kappa shape index (κ2) is 9.54. The molecule has 8 nitrogen and oxygen atoms in total. The fourth-order valence-electron chi connectivity index (χ4n) is 1.99. The number of carbonyl (C=O) groups is 3. The highest BCUT2D eigenvalue weighted by molar-refractivity contribution is 6.40. The number of nitrogens with one attached hydrogen (secondary N) is 3. The fourth-order valence-corrected chi connectivity index (χ4v) is 2.17. The van der Waals surface area contributed by atoms with Crippen LogP contribution >= 0.6 is 11.6 Å². The lowest BCUT2D eigenvalue weighted by atomic mass is 10.2. The predicted octanol–water partition coefficient (Wildman–Crippen LogP) is 2.38. The van der Waals surface area contributed by atoms with Crippen molar-refractivity contribution in [1.82, 2.24) is 10.7 Å². The van der Waals surface area contributed by atoms with Gasteiger partial charge < -0.3 is 15.1 Å². The van der Waals surface area contributed by atoms with Gasteiger partial charge in [-0.25, -0.2) is 5.43 Å². The van der Waals surface area contributed by atoms with Gasteiger partial charge in [0, 0.05) is 16.4 Å². The largest absolute Gasteiger partial charge is 0.467 e. The van der Waals surface area contributed by atoms with E-state index in [0.29, 0.717) is 22.2 Å². The average Bonchev–Trinajstić information content (AvgIpc) is 3.14. The molecule has 2 aromatic rings. The molecule has 0 bridgehead atoms. The molecule has 0 atom stereocenters. The predicted molar refractivity (Wildman–Crippen MR) is 101 cm³/mol. The van der Waals surface area contributed by atoms with Crippen LogP contribution in [-0.2, 0) is 20.9 Å². The number of carbonyl (C=O) groups excluding carboxylic acids is 3. The Morgan fingerprint density at radius 1 is 1.19 bits per heavy atom. The smallest absolute Gasteiger partial charge is 0.329 e. The molecule has 0 spiro atoms. The molecule has 0 saturated heterocycles. The third-order valence-electron chi connectivity index (χ3n) is 3.44. The Balaban J connectivity index is 1.78. The van der Waals surface area contributed by atoms with E-state index >= 15 is 0 Å². The lowest BCUT2D eigenvalue weighted by molar-refractivity contribution is -0.136. The van der Waals surface area contributed by atoms with Crippen LogP contribution in [0.3, 0.4) is 0 Å². The summed E-state index contributed by atoms with van der Waals surface area (Å²) in [5, 5.41) is 9.29. The van der Waals surface area contributed by atoms with Crippen LogP contribution in [0, 0.1) is 6.92 Å². The van der Waals surface area contributed by atoms with Crippen LogP contribution in [0.1, 0.15) is 24.7 Å². The summed E-state index contributed by atoms with van der Waals surface area (Å²) in [6.45, 7) is 3.64. The van der Waals surface area contributed by atoms with Gasteiger partial charge >= 0.3 is 11.8 Å². The van der Waals surface area contributed by atoms with E-state index in [0.717, 1.165) is 5.56 Å². The first-order valence-electron chi connectivity index (χ1n) is 8.05. The van der Waals surface area contributed by atoms with Crippen molar-refractivity contribution >= 4 is 40.7 Å². The van der Waals surface area contributed by atoms with Gasteiger partial charge in [0.2, 0.25) is 5.91 Å². The molecule has 142 valence electrons. The molecule has 0 fully saturated rings. The van der Waals surface area contributed by atoms with Crippen LogP contribution in [0.2, 0.25) is 5.02 Å². The van der Waals surface area contributed by atoms with E-state index in [1.54, 1.807) is 37.3 Å². The topological polar surface area (TPSA) is 113 Å². The first kappa shape index (κ1) is 20.2. The first-order chi connectivity index (χ1) is 12.8. The first-order valence-corrected chi connectivity index (χ1v) is 8.42. The normalized spacial score (nSPS) is 11.0. The number of halogens is 1. The zero-order valence-electron chi connectivity index (χ0n) is 14.8. The maximum Gasteiger partial charge on any atom is 0.329 e. The van der Waals surface area contributed by atoms with E-state index in [1.807, 2.05) is 6.92 Å². The zero-order chi connectivity index (χ0) is 19.8. The summed E-state index contributed by atoms with van der Waals surface area (Å²) in [7, 11) is 0. The van der Waals surface area contributed by atoms with Gasteiger partial charge in [-0.15, -0.1) is 0 Å². The van der Waals surface area contributed by atoms with Gasteiger partial charge in [-0.2, -0.15) is 5.10 Å². The number of aryl methyl sites for hydroxylation is 1. The van der Waals surface area contributed by atoms with Crippen molar-refractivity contribution in [2.45, 2.75) is 26.8 Å². The molecule has 0 saturated carbocycles. The number of hydrogen-bond donors (Lipinski definition) is 3. The Labute approximate surface area is 161 Å². The second-order valence-corrected chi connectivity index (χ2v) is 6.15. The molecular formula is C18H19ClN4O4. The van der Waals surface area contributed by atoms with E-state index in [-0.39, 0.29) is 18.9 Å². The van der Waals surface area contributed by atoms with Gasteiger partial charge in [-0.3, -0.25) is 14.4 Å². The second-order valence-electron chi connectivity index (χ2n) is 5.74. The number of amides is 3. The maximum atomic E-state index is 11.9. The summed E-state index contributed by atoms with van der Waals surface area (Å²) in [6, 6.07) is 8.35. The minimum Gasteiger partial charge on any atom is -0.467 e. The summed E-state index contributed by atoms with van der Waals surface area (Å²) in [5.74, 6) is -1.52. The highest BCUT2D eigenvalue weighted by Crippen LogP contribution is 2.19. The molecule has 1 aromatic heterocycles. The summed E-state index contributed by atoms with van der Waals surface area (Å²) >= 11 is 5.97. The van der Waals surface area contributed by atoms with Crippen LogP contribution in [0.4, 0.5) is 5.69 Å². The highest BCUT2D eigenvalue weighted by Gasteiger charge is 2.14. The standard InChI is InChI=1S/C18H19ClN4O4/c1-11-5-6-13(9-15(11)19)21-17(25)18(26)23-22-12(2)8-16(24)20-10-14-4-3-7-27-14/h3-7,9H,8,10H2,1-2H3,(H,20,24)(H,21,25)(H,23,26)/b22-12-. The van der Waals surface area contributed by atoms with Crippen LogP contribution in [0.25, 0.3) is 0 Å². The van der Waals surface area contributed by atoms with Crippen molar-refractivity contribution in [2.24, 2.45) is 5.10 Å². The van der Waals surface area contributed by atoms with E-state index in [4.69, 9.17) is 16.0 Å². The Kier molecular flexibility index (Phi) is 7.13. The summed E-state index contributed by atoms with van der Waals surface area (Å²) in [6.07, 6.45) is 1.48. The van der Waals surface area contributed by atoms with Crippen LogP contribution in [-0.4, -0.2) is 23.4 Å². The monoisotopic (exact) mass is 390 g/mol. The number of hydrogen-bond acceptors (Lipinski definition) is 5. The van der Waals surface area contributed by atoms with Gasteiger partial charge in [-0.1, -0.05) is 17.7 Å². The minimum atomic E-state index is -0.956. The van der Waals surface area contributed by atoms with Gasteiger partial charge in [0.15, 0.2) is 0 Å². The molecule has 9 heteroatoms. The molecule has 0 aliphatic rings. The summed E-state index contributed by atoms with van der Waals surface area (Å²) < 4.78 is 5.10. The quantitative estimate of drug-likeness (QED) is 0.399. The van der Waals surface area contributed by atoms with Gasteiger partial charge in [0.05, 0.1) is 19.2 Å². The van der Waals surface area contributed by atoms with E-state index in [9.17, 15) is 14.4 Å². The Morgan fingerprint density at radius 3 is 2.63 bits per heavy atom. The van der Waals surface area contributed by atoms with Gasteiger partial charge in [-0.05, 0) is 43.7 Å². The van der Waals surface area contributed by atoms with Gasteiger partial charge in [0.1, 0.15) is 5.76 Å². The van der Waals surface area contributed by atoms with Crippen LogP contribution < -0.4 is 16.1 Å². The molecule has 0 aliphatic carbocycles. The fraction of sp³-hybridized carbons (Fsp3) is 0.222. The third kappa shape index (κ3) is 6.59. The zero-order valence-corrected chi connectivity index (χ0v) is 15.6. The lowest BCUT2D eigenvalue weighted by Gasteiger charge is -2.06. The summed E-state index contributed by atoms with van der Waals surface area (Å²) in [5.41, 5.74) is 3.69. The molecule has 1 aromatic carbocycles. The Hall–Kier alpha value is -3.13. The van der Waals surface area contributed by atoms with Crippen LogP contribution in [0.15, 0.2) is 46.1 Å². The molecule has 2 rings (SSSR count). The average molecular weight is 391 g/mol. The van der Waals surface area contributed by atoms with E-state index in [1.165, 1.54) is 6.26 Å². The minimum absolute atomic E-state index is 0.0316. The molecule has 3 amide bonds. The van der Waals surface area contributed by atoms with Crippen molar-refractivity contribution < 1.29 is 18.8 Å². The van der Waals surface area contributed by atoms with Gasteiger partial charge in [0.25, 0.3) is 0 Å². The van der Waals surface area contributed by atoms with Crippen molar-refractivity contribution in [3.8, 4) is 0 Å². The number of nitrogens with zero attached hydrogens (tertiary/aromatic N) is 1. The third-order valence-corrected chi connectivity index (χ3v) is 3.85. The van der Waals surface area contributed by atoms with Crippen molar-refractivity contribution in [3.05, 3.63) is 52.9 Å². The molecule has 0 unspecified atom stereocenters. The maximum absolute atomic E-state index is 11.9. The number of hydrazone groups is 1. The lowest BCUT2D eigenvalue weighted by Crippen LogP contribution is -2.33. The molecular weight excluding hydrogens is 372 g/mol.